The number of anilines is 2. The topological polar surface area (TPSA) is 70.2 Å². The molecule has 1 unspecified atom stereocenters. The summed E-state index contributed by atoms with van der Waals surface area (Å²) in [7, 11) is 1.76. The summed E-state index contributed by atoms with van der Waals surface area (Å²) in [6, 6.07) is 1.50. The van der Waals surface area contributed by atoms with E-state index in [2.05, 4.69) is 20.6 Å². The van der Waals surface area contributed by atoms with Crippen molar-refractivity contribution in [1.29, 1.82) is 0 Å². The molecular formula is C12H19N5O. The highest BCUT2D eigenvalue weighted by atomic mass is 16.2. The van der Waals surface area contributed by atoms with Crippen molar-refractivity contribution in [3.05, 3.63) is 12.3 Å². The van der Waals surface area contributed by atoms with Gasteiger partial charge in [0.25, 0.3) is 0 Å². The SMILES string of the molecule is CNc1nccc(NC(C)C(=O)N2CCCC2)n1. The Kier molecular flexibility index (Phi) is 3.96. The van der Waals surface area contributed by atoms with Crippen molar-refractivity contribution in [2.75, 3.05) is 30.8 Å². The van der Waals surface area contributed by atoms with Gasteiger partial charge >= 0.3 is 0 Å². The Balaban J connectivity index is 1.97. The molecule has 0 aliphatic carbocycles. The fourth-order valence-corrected chi connectivity index (χ4v) is 2.05. The van der Waals surface area contributed by atoms with E-state index in [-0.39, 0.29) is 11.9 Å². The number of rotatable bonds is 4. The van der Waals surface area contributed by atoms with E-state index in [0.29, 0.717) is 11.8 Å². The van der Waals surface area contributed by atoms with Crippen LogP contribution in [-0.4, -0.2) is 47.0 Å². The lowest BCUT2D eigenvalue weighted by Gasteiger charge is -2.21. The minimum Gasteiger partial charge on any atom is -0.358 e. The summed E-state index contributed by atoms with van der Waals surface area (Å²) >= 11 is 0. The number of nitrogens with zero attached hydrogens (tertiary/aromatic N) is 3. The van der Waals surface area contributed by atoms with E-state index < -0.39 is 0 Å². The van der Waals surface area contributed by atoms with Crippen molar-refractivity contribution >= 4 is 17.7 Å². The highest BCUT2D eigenvalue weighted by Crippen LogP contribution is 2.12. The van der Waals surface area contributed by atoms with Gasteiger partial charge in [-0.15, -0.1) is 0 Å². The smallest absolute Gasteiger partial charge is 0.244 e. The van der Waals surface area contributed by atoms with Crippen molar-refractivity contribution in [2.24, 2.45) is 0 Å². The minimum atomic E-state index is -0.261. The molecule has 6 heteroatoms. The Labute approximate surface area is 107 Å². The third-order valence-corrected chi connectivity index (χ3v) is 3.03. The molecule has 2 N–H and O–H groups in total. The fourth-order valence-electron chi connectivity index (χ4n) is 2.05. The molecule has 0 radical (unpaired) electrons. The van der Waals surface area contributed by atoms with E-state index in [9.17, 15) is 4.79 Å². The van der Waals surface area contributed by atoms with Crippen LogP contribution in [0.5, 0.6) is 0 Å². The normalized spacial score (nSPS) is 16.4. The van der Waals surface area contributed by atoms with Gasteiger partial charge in [0.05, 0.1) is 0 Å². The zero-order valence-corrected chi connectivity index (χ0v) is 10.8. The second-order valence-corrected chi connectivity index (χ2v) is 4.41. The second kappa shape index (κ2) is 5.66. The molecule has 1 amide bonds. The molecule has 0 aromatic carbocycles. The van der Waals surface area contributed by atoms with Crippen LogP contribution in [-0.2, 0) is 4.79 Å². The predicted molar refractivity (Wildman–Crippen MR) is 70.5 cm³/mol. The van der Waals surface area contributed by atoms with Crippen molar-refractivity contribution in [3.8, 4) is 0 Å². The molecule has 18 heavy (non-hydrogen) atoms. The molecule has 2 rings (SSSR count). The van der Waals surface area contributed by atoms with E-state index in [1.54, 1.807) is 19.3 Å². The van der Waals surface area contributed by atoms with Crippen molar-refractivity contribution < 1.29 is 4.79 Å². The number of aromatic nitrogens is 2. The van der Waals surface area contributed by atoms with E-state index in [1.165, 1.54) is 0 Å². The third kappa shape index (κ3) is 2.88. The summed E-state index contributed by atoms with van der Waals surface area (Å²) in [6.07, 6.45) is 3.87. The Morgan fingerprint density at radius 1 is 1.44 bits per heavy atom. The van der Waals surface area contributed by atoms with Crippen LogP contribution in [0.1, 0.15) is 19.8 Å². The highest BCUT2D eigenvalue weighted by molar-refractivity contribution is 5.84. The van der Waals surface area contributed by atoms with Gasteiger partial charge in [-0.3, -0.25) is 4.79 Å². The van der Waals surface area contributed by atoms with Crippen molar-refractivity contribution in [2.45, 2.75) is 25.8 Å². The van der Waals surface area contributed by atoms with Crippen LogP contribution in [0.15, 0.2) is 12.3 Å². The Bertz CT molecular complexity index is 417. The molecule has 1 atom stereocenters. The lowest BCUT2D eigenvalue weighted by Crippen LogP contribution is -2.39. The molecule has 1 fully saturated rings. The third-order valence-electron chi connectivity index (χ3n) is 3.03. The van der Waals surface area contributed by atoms with E-state index in [1.807, 2.05) is 11.8 Å². The maximum absolute atomic E-state index is 12.1. The van der Waals surface area contributed by atoms with Gasteiger partial charge in [-0.1, -0.05) is 0 Å². The number of amides is 1. The van der Waals surface area contributed by atoms with Crippen LogP contribution in [0.4, 0.5) is 11.8 Å². The van der Waals surface area contributed by atoms with Gasteiger partial charge in [0.15, 0.2) is 0 Å². The Hall–Kier alpha value is -1.85. The Morgan fingerprint density at radius 2 is 2.17 bits per heavy atom. The first kappa shape index (κ1) is 12.6. The fraction of sp³-hybridized carbons (Fsp3) is 0.583. The Morgan fingerprint density at radius 3 is 2.83 bits per heavy atom. The van der Waals surface area contributed by atoms with Gasteiger partial charge in [0.2, 0.25) is 11.9 Å². The summed E-state index contributed by atoms with van der Waals surface area (Å²) < 4.78 is 0. The van der Waals surface area contributed by atoms with E-state index in [4.69, 9.17) is 0 Å². The highest BCUT2D eigenvalue weighted by Gasteiger charge is 2.23. The number of likely N-dealkylation sites (tertiary alicyclic amines) is 1. The molecule has 1 aliphatic heterocycles. The summed E-state index contributed by atoms with van der Waals surface area (Å²) in [5.41, 5.74) is 0. The minimum absolute atomic E-state index is 0.136. The van der Waals surface area contributed by atoms with Crippen LogP contribution in [0, 0.1) is 0 Å². The molecular weight excluding hydrogens is 230 g/mol. The number of nitrogens with one attached hydrogen (secondary N) is 2. The first-order chi connectivity index (χ1) is 8.70. The monoisotopic (exact) mass is 249 g/mol. The number of carbonyl (C=O) groups excluding carboxylic acids is 1. The summed E-state index contributed by atoms with van der Waals surface area (Å²) in [6.45, 7) is 3.61. The van der Waals surface area contributed by atoms with Crippen LogP contribution < -0.4 is 10.6 Å². The molecule has 6 nitrogen and oxygen atoms in total. The molecule has 1 saturated heterocycles. The van der Waals surface area contributed by atoms with Crippen LogP contribution in [0.25, 0.3) is 0 Å². The standard InChI is InChI=1S/C12H19N5O/c1-9(11(18)17-7-3-4-8-17)15-10-5-6-14-12(13-2)16-10/h5-6,9H,3-4,7-8H2,1-2H3,(H2,13,14,15,16). The van der Waals surface area contributed by atoms with Crippen LogP contribution in [0.2, 0.25) is 0 Å². The molecule has 1 aromatic heterocycles. The molecule has 2 heterocycles. The zero-order valence-electron chi connectivity index (χ0n) is 10.8. The number of hydrogen-bond acceptors (Lipinski definition) is 5. The van der Waals surface area contributed by atoms with Gasteiger partial charge < -0.3 is 15.5 Å². The molecule has 0 spiro atoms. The lowest BCUT2D eigenvalue weighted by molar-refractivity contribution is -0.130. The number of carbonyl (C=O) groups is 1. The second-order valence-electron chi connectivity index (χ2n) is 4.41. The summed E-state index contributed by atoms with van der Waals surface area (Å²) in [4.78, 5) is 22.3. The van der Waals surface area contributed by atoms with Gasteiger partial charge in [0, 0.05) is 26.3 Å². The molecule has 0 bridgehead atoms. The zero-order chi connectivity index (χ0) is 13.0. The van der Waals surface area contributed by atoms with Crippen molar-refractivity contribution in [1.82, 2.24) is 14.9 Å². The quantitative estimate of drug-likeness (QED) is 0.831. The van der Waals surface area contributed by atoms with Gasteiger partial charge in [0.1, 0.15) is 11.9 Å². The van der Waals surface area contributed by atoms with Gasteiger partial charge in [-0.05, 0) is 25.8 Å². The molecule has 1 aliphatic rings. The maximum atomic E-state index is 12.1. The molecule has 1 aromatic rings. The number of hydrogen-bond donors (Lipinski definition) is 2. The molecule has 98 valence electrons. The van der Waals surface area contributed by atoms with E-state index in [0.717, 1.165) is 25.9 Å². The lowest BCUT2D eigenvalue weighted by atomic mass is 10.3. The van der Waals surface area contributed by atoms with Crippen LogP contribution in [0.3, 0.4) is 0 Å². The first-order valence-corrected chi connectivity index (χ1v) is 6.27. The maximum Gasteiger partial charge on any atom is 0.244 e. The first-order valence-electron chi connectivity index (χ1n) is 6.27. The predicted octanol–water partition coefficient (Wildman–Crippen LogP) is 0.941. The van der Waals surface area contributed by atoms with Crippen molar-refractivity contribution in [3.63, 3.8) is 0 Å². The van der Waals surface area contributed by atoms with Crippen LogP contribution >= 0.6 is 0 Å². The average Bonchev–Trinajstić information content (AvgIpc) is 2.92. The van der Waals surface area contributed by atoms with Gasteiger partial charge in [-0.25, -0.2) is 4.98 Å². The van der Waals surface area contributed by atoms with E-state index >= 15 is 0 Å². The summed E-state index contributed by atoms with van der Waals surface area (Å²) in [5, 5.41) is 5.98. The summed E-state index contributed by atoms with van der Waals surface area (Å²) in [5.74, 6) is 1.34. The largest absolute Gasteiger partial charge is 0.358 e. The molecule has 0 saturated carbocycles. The average molecular weight is 249 g/mol. The van der Waals surface area contributed by atoms with Gasteiger partial charge in [-0.2, -0.15) is 4.98 Å².